The van der Waals surface area contributed by atoms with Crippen molar-refractivity contribution in [1.82, 2.24) is 0 Å². The summed E-state index contributed by atoms with van der Waals surface area (Å²) >= 11 is -2.94. The van der Waals surface area contributed by atoms with Gasteiger partial charge in [-0.2, -0.15) is 17.4 Å². The largest absolute Gasteiger partial charge is 0.396 e. The van der Waals surface area contributed by atoms with Crippen LogP contribution >= 0.6 is 0 Å². The molecule has 0 fully saturated rings. The van der Waals surface area contributed by atoms with E-state index in [1.54, 1.807) is 0 Å². The summed E-state index contributed by atoms with van der Waals surface area (Å²) in [6.45, 7) is 0. The second-order valence-electron chi connectivity index (χ2n) is 1.67. The molecule has 0 bridgehead atoms. The molecule has 0 aliphatic rings. The first-order chi connectivity index (χ1) is 5.35. The van der Waals surface area contributed by atoms with Gasteiger partial charge in [-0.25, -0.2) is 4.39 Å². The molecule has 0 aliphatic heterocycles. The van der Waals surface area contributed by atoms with Crippen molar-refractivity contribution in [2.24, 2.45) is 0 Å². The van der Waals surface area contributed by atoms with Gasteiger partial charge in [-0.1, -0.05) is 0 Å². The maximum Gasteiger partial charge on any atom is 0.396 e. The van der Waals surface area contributed by atoms with E-state index in [1.165, 1.54) is 0 Å². The molecule has 1 unspecified atom stereocenters. The molecule has 0 aromatic carbocycles. The third-order valence-corrected chi connectivity index (χ3v) is 1.03. The number of hydrogen-bond acceptors (Lipinski definition) is 2. The van der Waals surface area contributed by atoms with Gasteiger partial charge in [-0.15, -0.1) is 0 Å². The lowest BCUT2D eigenvalue weighted by molar-refractivity contribution is -0.131. The van der Waals surface area contributed by atoms with Crippen LogP contribution in [0.15, 0.2) is 12.1 Å². The van der Waals surface area contributed by atoms with Gasteiger partial charge in [0.25, 0.3) is 0 Å². The molecular weight excluding hydrogens is 204 g/mol. The zero-order chi connectivity index (χ0) is 9.78. The van der Waals surface area contributed by atoms with Crippen LogP contribution < -0.4 is 0 Å². The summed E-state index contributed by atoms with van der Waals surface area (Å²) < 4.78 is 67.2. The fourth-order valence-electron chi connectivity index (χ4n) is 0.375. The van der Waals surface area contributed by atoms with Crippen LogP contribution in [-0.4, -0.2) is 14.9 Å². The monoisotopic (exact) mass is 208 g/mol. The second kappa shape index (κ2) is 4.41. The summed E-state index contributed by atoms with van der Waals surface area (Å²) in [6, 6.07) is 0. The second-order valence-corrected chi connectivity index (χ2v) is 2.27. The first kappa shape index (κ1) is 11.4. The first-order valence-electron chi connectivity index (χ1n) is 2.50. The van der Waals surface area contributed by atoms with Crippen molar-refractivity contribution < 1.29 is 30.5 Å². The Morgan fingerprint density at radius 1 is 1.58 bits per heavy atom. The van der Waals surface area contributed by atoms with E-state index >= 15 is 0 Å². The lowest BCUT2D eigenvalue weighted by Gasteiger charge is -2.06. The summed E-state index contributed by atoms with van der Waals surface area (Å²) in [5, 5.41) is 0. The van der Waals surface area contributed by atoms with Crippen molar-refractivity contribution in [2.45, 2.75) is 12.6 Å². The molecule has 0 aromatic rings. The van der Waals surface area contributed by atoms with Crippen LogP contribution in [-0.2, 0) is 15.5 Å². The summed E-state index contributed by atoms with van der Waals surface area (Å²) in [6.07, 6.45) is -6.89. The standard InChI is InChI=1S/C4H4F4O3S/c5-2-3(11-12(9)10)1-4(6,7)8/h2H,1H2,(H,9,10). The molecular formula is C4H4F4O3S. The van der Waals surface area contributed by atoms with Gasteiger partial charge in [0.05, 0.1) is 0 Å². The smallest absolute Gasteiger partial charge is 0.382 e. The predicted molar refractivity (Wildman–Crippen MR) is 31.7 cm³/mol. The molecule has 3 nitrogen and oxygen atoms in total. The van der Waals surface area contributed by atoms with Crippen molar-refractivity contribution in [1.29, 1.82) is 0 Å². The number of allylic oxidation sites excluding steroid dienone is 1. The molecule has 0 rings (SSSR count). The molecule has 72 valence electrons. The molecule has 0 aliphatic carbocycles. The first-order valence-corrected chi connectivity index (χ1v) is 3.53. The van der Waals surface area contributed by atoms with Crippen LogP contribution in [0.5, 0.6) is 0 Å². The van der Waals surface area contributed by atoms with E-state index in [0.29, 0.717) is 0 Å². The Morgan fingerprint density at radius 2 is 2.08 bits per heavy atom. The Bertz CT molecular complexity index is 199. The number of hydrogen-bond donors (Lipinski definition) is 1. The summed E-state index contributed by atoms with van der Waals surface area (Å²) in [7, 11) is 0. The average Bonchev–Trinajstić information content (AvgIpc) is 1.82. The quantitative estimate of drug-likeness (QED) is 0.437. The molecule has 0 radical (unpaired) electrons. The van der Waals surface area contributed by atoms with E-state index in [-0.39, 0.29) is 0 Å². The van der Waals surface area contributed by atoms with Crippen LogP contribution in [0.25, 0.3) is 0 Å². The SMILES string of the molecule is O=S(O)OC(=CF)CC(F)(F)F. The van der Waals surface area contributed by atoms with E-state index < -0.39 is 36.0 Å². The molecule has 0 saturated heterocycles. The molecule has 1 N–H and O–H groups in total. The van der Waals surface area contributed by atoms with Crippen molar-refractivity contribution in [3.05, 3.63) is 12.1 Å². The molecule has 8 heteroatoms. The van der Waals surface area contributed by atoms with Crippen LogP contribution in [0.4, 0.5) is 17.6 Å². The van der Waals surface area contributed by atoms with E-state index in [2.05, 4.69) is 4.18 Å². The van der Waals surface area contributed by atoms with E-state index in [1.807, 2.05) is 0 Å². The Labute approximate surface area is 67.5 Å². The molecule has 0 amide bonds. The molecule has 0 saturated carbocycles. The van der Waals surface area contributed by atoms with E-state index in [9.17, 15) is 21.8 Å². The summed E-state index contributed by atoms with van der Waals surface area (Å²) in [4.78, 5) is 0. The number of rotatable bonds is 3. The van der Waals surface area contributed by atoms with Crippen LogP contribution in [0.2, 0.25) is 0 Å². The van der Waals surface area contributed by atoms with Gasteiger partial charge in [0, 0.05) is 0 Å². The molecule has 0 spiro atoms. The van der Waals surface area contributed by atoms with Gasteiger partial charge < -0.3 is 4.18 Å². The van der Waals surface area contributed by atoms with Gasteiger partial charge in [0.15, 0.2) is 5.76 Å². The minimum atomic E-state index is -4.67. The minimum Gasteiger partial charge on any atom is -0.382 e. The van der Waals surface area contributed by atoms with Crippen molar-refractivity contribution >= 4 is 11.4 Å². The van der Waals surface area contributed by atoms with Gasteiger partial charge >= 0.3 is 17.5 Å². The molecule has 0 heterocycles. The highest BCUT2D eigenvalue weighted by Crippen LogP contribution is 2.25. The van der Waals surface area contributed by atoms with Gasteiger partial charge in [0.1, 0.15) is 12.8 Å². The van der Waals surface area contributed by atoms with Crippen LogP contribution in [0.1, 0.15) is 6.42 Å². The lowest BCUT2D eigenvalue weighted by Crippen LogP contribution is -2.10. The normalized spacial score (nSPS) is 15.9. The van der Waals surface area contributed by atoms with Crippen molar-refractivity contribution in [3.63, 3.8) is 0 Å². The van der Waals surface area contributed by atoms with Gasteiger partial charge in [-0.3, -0.25) is 4.55 Å². The topological polar surface area (TPSA) is 46.5 Å². The number of alkyl halides is 3. The third kappa shape index (κ3) is 6.10. The molecule has 0 aromatic heterocycles. The maximum absolute atomic E-state index is 11.5. The molecule has 1 atom stereocenters. The summed E-state index contributed by atoms with van der Waals surface area (Å²) in [5.41, 5.74) is 0. The predicted octanol–water partition coefficient (Wildman–Crippen LogP) is 1.90. The maximum atomic E-state index is 11.5. The zero-order valence-corrected chi connectivity index (χ0v) is 6.28. The Kier molecular flexibility index (Phi) is 4.18. The average molecular weight is 208 g/mol. The van der Waals surface area contributed by atoms with Gasteiger partial charge in [0.2, 0.25) is 0 Å². The van der Waals surface area contributed by atoms with Crippen molar-refractivity contribution in [3.8, 4) is 0 Å². The molecule has 12 heavy (non-hydrogen) atoms. The fraction of sp³-hybridized carbons (Fsp3) is 0.500. The highest BCUT2D eigenvalue weighted by atomic mass is 32.2. The lowest BCUT2D eigenvalue weighted by atomic mass is 10.4. The van der Waals surface area contributed by atoms with E-state index in [0.717, 1.165) is 0 Å². The van der Waals surface area contributed by atoms with Gasteiger partial charge in [-0.05, 0) is 0 Å². The Hall–Kier alpha value is -0.630. The third-order valence-electron chi connectivity index (χ3n) is 0.675. The Balaban J connectivity index is 4.12. The van der Waals surface area contributed by atoms with Crippen LogP contribution in [0, 0.1) is 0 Å². The minimum absolute atomic E-state index is 0.512. The highest BCUT2D eigenvalue weighted by molar-refractivity contribution is 7.74. The van der Waals surface area contributed by atoms with Crippen LogP contribution in [0.3, 0.4) is 0 Å². The summed E-state index contributed by atoms with van der Waals surface area (Å²) in [5.74, 6) is -1.23. The Morgan fingerprint density at radius 3 is 2.33 bits per heavy atom. The zero-order valence-electron chi connectivity index (χ0n) is 5.47. The van der Waals surface area contributed by atoms with Crippen molar-refractivity contribution in [2.75, 3.05) is 0 Å². The number of halogens is 4. The fourth-order valence-corrected chi connectivity index (χ4v) is 0.654. The van der Waals surface area contributed by atoms with E-state index in [4.69, 9.17) is 4.55 Å². The highest BCUT2D eigenvalue weighted by Gasteiger charge is 2.30.